The lowest BCUT2D eigenvalue weighted by atomic mass is 10.0. The third-order valence-corrected chi connectivity index (χ3v) is 7.16. The zero-order valence-corrected chi connectivity index (χ0v) is 15.7. The van der Waals surface area contributed by atoms with E-state index in [1.807, 2.05) is 26.8 Å². The van der Waals surface area contributed by atoms with E-state index in [0.717, 1.165) is 37.2 Å². The zero-order chi connectivity index (χ0) is 17.0. The van der Waals surface area contributed by atoms with Crippen molar-refractivity contribution in [2.75, 3.05) is 13.1 Å². The average molecular weight is 359 g/mol. The monoisotopic (exact) mass is 358 g/mol. The Kier molecular flexibility index (Phi) is 6.22. The SMILES string of the molecule is CCc1ccc(S(=O)(=O)N[C@@H](CC(C)C)C(=O)N2CCCC2)s1. The number of likely N-dealkylation sites (tertiary alicyclic amines) is 1. The van der Waals surface area contributed by atoms with Crippen LogP contribution in [0, 0.1) is 5.92 Å². The summed E-state index contributed by atoms with van der Waals surface area (Å²) in [6.45, 7) is 7.45. The van der Waals surface area contributed by atoms with E-state index in [-0.39, 0.29) is 16.0 Å². The summed E-state index contributed by atoms with van der Waals surface area (Å²) < 4.78 is 28.1. The smallest absolute Gasteiger partial charge is 0.250 e. The van der Waals surface area contributed by atoms with Gasteiger partial charge in [0.05, 0.1) is 0 Å². The van der Waals surface area contributed by atoms with Crippen molar-refractivity contribution < 1.29 is 13.2 Å². The van der Waals surface area contributed by atoms with Gasteiger partial charge in [-0.2, -0.15) is 4.72 Å². The molecule has 1 N–H and O–H groups in total. The van der Waals surface area contributed by atoms with Gasteiger partial charge in [-0.3, -0.25) is 4.79 Å². The van der Waals surface area contributed by atoms with Gasteiger partial charge in [0.1, 0.15) is 10.3 Å². The molecule has 1 aliphatic rings. The molecule has 1 saturated heterocycles. The molecule has 1 fully saturated rings. The summed E-state index contributed by atoms with van der Waals surface area (Å²) in [4.78, 5) is 15.5. The highest BCUT2D eigenvalue weighted by atomic mass is 32.2. The van der Waals surface area contributed by atoms with Crippen LogP contribution < -0.4 is 4.72 Å². The first kappa shape index (κ1) is 18.4. The average Bonchev–Trinajstić information content (AvgIpc) is 3.16. The molecular weight excluding hydrogens is 332 g/mol. The van der Waals surface area contributed by atoms with Crippen molar-refractivity contribution in [2.45, 2.75) is 56.7 Å². The van der Waals surface area contributed by atoms with Gasteiger partial charge < -0.3 is 4.90 Å². The highest BCUT2D eigenvalue weighted by Gasteiger charge is 2.31. The maximum absolute atomic E-state index is 12.7. The molecular formula is C16H26N2O3S2. The maximum atomic E-state index is 12.7. The summed E-state index contributed by atoms with van der Waals surface area (Å²) in [5.41, 5.74) is 0. The van der Waals surface area contributed by atoms with Crippen LogP contribution >= 0.6 is 11.3 Å². The summed E-state index contributed by atoms with van der Waals surface area (Å²) in [5.74, 6) is 0.149. The number of nitrogens with one attached hydrogen (secondary N) is 1. The summed E-state index contributed by atoms with van der Waals surface area (Å²) in [7, 11) is -3.65. The maximum Gasteiger partial charge on any atom is 0.250 e. The van der Waals surface area contributed by atoms with E-state index in [1.54, 1.807) is 11.0 Å². The molecule has 0 aromatic carbocycles. The van der Waals surface area contributed by atoms with Crippen LogP contribution in [0.2, 0.25) is 0 Å². The van der Waals surface area contributed by atoms with Crippen LogP contribution in [0.1, 0.15) is 44.9 Å². The third-order valence-electron chi connectivity index (χ3n) is 3.97. The van der Waals surface area contributed by atoms with Gasteiger partial charge in [-0.15, -0.1) is 11.3 Å². The van der Waals surface area contributed by atoms with E-state index in [4.69, 9.17) is 0 Å². The molecule has 0 radical (unpaired) electrons. The topological polar surface area (TPSA) is 66.5 Å². The Labute approximate surface area is 143 Å². The first-order valence-corrected chi connectivity index (χ1v) is 10.5. The Bertz CT molecular complexity index is 632. The Morgan fingerprint density at radius 3 is 2.48 bits per heavy atom. The van der Waals surface area contributed by atoms with Gasteiger partial charge in [-0.05, 0) is 43.7 Å². The van der Waals surface area contributed by atoms with Crippen molar-refractivity contribution in [3.63, 3.8) is 0 Å². The second-order valence-electron chi connectivity index (χ2n) is 6.41. The minimum Gasteiger partial charge on any atom is -0.341 e. The van der Waals surface area contributed by atoms with Crippen molar-refractivity contribution >= 4 is 27.3 Å². The van der Waals surface area contributed by atoms with Gasteiger partial charge in [-0.1, -0.05) is 20.8 Å². The highest BCUT2D eigenvalue weighted by Crippen LogP contribution is 2.23. The lowest BCUT2D eigenvalue weighted by Gasteiger charge is -2.25. The number of nitrogens with zero attached hydrogens (tertiary/aromatic N) is 1. The molecule has 0 saturated carbocycles. The van der Waals surface area contributed by atoms with E-state index in [2.05, 4.69) is 4.72 Å². The van der Waals surface area contributed by atoms with Crippen molar-refractivity contribution in [2.24, 2.45) is 5.92 Å². The summed E-state index contributed by atoms with van der Waals surface area (Å²) in [6, 6.07) is 2.78. The molecule has 5 nitrogen and oxygen atoms in total. The van der Waals surface area contributed by atoms with Gasteiger partial charge in [0, 0.05) is 18.0 Å². The molecule has 1 atom stereocenters. The second kappa shape index (κ2) is 7.77. The molecule has 1 amide bonds. The molecule has 0 aliphatic carbocycles. The molecule has 130 valence electrons. The molecule has 23 heavy (non-hydrogen) atoms. The Balaban J connectivity index is 2.16. The number of hydrogen-bond donors (Lipinski definition) is 1. The first-order valence-electron chi connectivity index (χ1n) is 8.23. The molecule has 2 rings (SSSR count). The lowest BCUT2D eigenvalue weighted by molar-refractivity contribution is -0.132. The van der Waals surface area contributed by atoms with Gasteiger partial charge >= 0.3 is 0 Å². The van der Waals surface area contributed by atoms with E-state index < -0.39 is 16.1 Å². The normalized spacial score (nSPS) is 17.0. The number of rotatable bonds is 7. The fourth-order valence-corrected chi connectivity index (χ4v) is 5.28. The Morgan fingerprint density at radius 2 is 1.96 bits per heavy atom. The van der Waals surface area contributed by atoms with Crippen LogP contribution in [0.25, 0.3) is 0 Å². The van der Waals surface area contributed by atoms with Crippen LogP contribution in [0.4, 0.5) is 0 Å². The fraction of sp³-hybridized carbons (Fsp3) is 0.688. The van der Waals surface area contributed by atoms with Crippen LogP contribution in [-0.4, -0.2) is 38.4 Å². The van der Waals surface area contributed by atoms with E-state index >= 15 is 0 Å². The molecule has 0 spiro atoms. The number of aryl methyl sites for hydroxylation is 1. The molecule has 1 aromatic heterocycles. The van der Waals surface area contributed by atoms with E-state index in [9.17, 15) is 13.2 Å². The third kappa shape index (κ3) is 4.78. The van der Waals surface area contributed by atoms with Crippen molar-refractivity contribution in [3.8, 4) is 0 Å². The molecule has 1 aromatic rings. The second-order valence-corrected chi connectivity index (χ2v) is 9.52. The summed E-state index contributed by atoms with van der Waals surface area (Å²) >= 11 is 1.27. The quantitative estimate of drug-likeness (QED) is 0.815. The zero-order valence-electron chi connectivity index (χ0n) is 14.0. The number of carbonyl (C=O) groups excluding carboxylic acids is 1. The van der Waals surface area contributed by atoms with E-state index in [1.165, 1.54) is 11.3 Å². The number of amides is 1. The van der Waals surface area contributed by atoms with Crippen LogP contribution in [0.5, 0.6) is 0 Å². The first-order chi connectivity index (χ1) is 10.8. The molecule has 1 aliphatic heterocycles. The predicted octanol–water partition coefficient (Wildman–Crippen LogP) is 2.63. The summed E-state index contributed by atoms with van der Waals surface area (Å²) in [5, 5.41) is 0. The van der Waals surface area contributed by atoms with Gasteiger partial charge in [0.25, 0.3) is 10.0 Å². The standard InChI is InChI=1S/C16H26N2O3S2/c1-4-13-7-8-15(22-13)23(20,21)17-14(11-12(2)3)16(19)18-9-5-6-10-18/h7-8,12,14,17H,4-6,9-11H2,1-3H3/t14-/m0/s1. The van der Waals surface area contributed by atoms with Crippen molar-refractivity contribution in [3.05, 3.63) is 17.0 Å². The van der Waals surface area contributed by atoms with Crippen LogP contribution in [-0.2, 0) is 21.2 Å². The molecule has 0 bridgehead atoms. The Hall–Kier alpha value is -0.920. The van der Waals surface area contributed by atoms with Crippen LogP contribution in [0.15, 0.2) is 16.3 Å². The summed E-state index contributed by atoms with van der Waals surface area (Å²) in [6.07, 6.45) is 3.32. The molecule has 2 heterocycles. The number of thiophene rings is 1. The molecule has 7 heteroatoms. The van der Waals surface area contributed by atoms with Gasteiger partial charge in [0.2, 0.25) is 5.91 Å². The number of sulfonamides is 1. The van der Waals surface area contributed by atoms with E-state index in [0.29, 0.717) is 6.42 Å². The molecule has 0 unspecified atom stereocenters. The minimum absolute atomic E-state index is 0.0907. The predicted molar refractivity (Wildman–Crippen MR) is 93.1 cm³/mol. The largest absolute Gasteiger partial charge is 0.341 e. The Morgan fingerprint density at radius 1 is 1.30 bits per heavy atom. The van der Waals surface area contributed by atoms with Crippen molar-refractivity contribution in [1.29, 1.82) is 0 Å². The lowest BCUT2D eigenvalue weighted by Crippen LogP contribution is -2.48. The number of hydrogen-bond acceptors (Lipinski definition) is 4. The number of carbonyl (C=O) groups is 1. The van der Waals surface area contributed by atoms with Gasteiger partial charge in [-0.25, -0.2) is 8.42 Å². The fourth-order valence-electron chi connectivity index (χ4n) is 2.77. The van der Waals surface area contributed by atoms with Crippen molar-refractivity contribution in [1.82, 2.24) is 9.62 Å². The van der Waals surface area contributed by atoms with Gasteiger partial charge in [0.15, 0.2) is 0 Å². The van der Waals surface area contributed by atoms with Crippen LogP contribution in [0.3, 0.4) is 0 Å². The minimum atomic E-state index is -3.65. The highest BCUT2D eigenvalue weighted by molar-refractivity contribution is 7.91.